The van der Waals surface area contributed by atoms with Crippen LogP contribution in [0, 0.1) is 0 Å². The van der Waals surface area contributed by atoms with E-state index in [1.807, 2.05) is 0 Å². The predicted octanol–water partition coefficient (Wildman–Crippen LogP) is -2.32. The highest BCUT2D eigenvalue weighted by Crippen LogP contribution is 2.15. The zero-order chi connectivity index (χ0) is 10.2. The van der Waals surface area contributed by atoms with Crippen molar-refractivity contribution in [3.8, 4) is 0 Å². The summed E-state index contributed by atoms with van der Waals surface area (Å²) in [6.07, 6.45) is 1.31. The lowest BCUT2D eigenvalue weighted by Gasteiger charge is -2.22. The first-order chi connectivity index (χ1) is 5.06. The summed E-state index contributed by atoms with van der Waals surface area (Å²) in [4.78, 5) is 0. The van der Waals surface area contributed by atoms with Crippen molar-refractivity contribution in [1.29, 1.82) is 0 Å². The molecule has 0 amide bonds. The van der Waals surface area contributed by atoms with Crippen molar-refractivity contribution >= 4 is 19.7 Å². The van der Waals surface area contributed by atoms with Gasteiger partial charge in [-0.05, 0) is 0 Å². The Hall–Kier alpha value is -0.180. The lowest BCUT2D eigenvalue weighted by atomic mass is 10.7. The van der Waals surface area contributed by atoms with Crippen LogP contribution in [-0.2, 0) is 19.7 Å². The van der Waals surface area contributed by atoms with Gasteiger partial charge in [0.25, 0.3) is 0 Å². The van der Waals surface area contributed by atoms with Crippen LogP contribution in [0.1, 0.15) is 0 Å². The zero-order valence-electron chi connectivity index (χ0n) is 6.68. The molecule has 0 aromatic rings. The number of aliphatic hydroxyl groups excluding tert-OH is 1. The SMILES string of the molecule is CS(=O)(=O)C(N)(CO)S(C)(=O)=O. The first-order valence-electron chi connectivity index (χ1n) is 2.85. The Bertz CT molecular complexity index is 321. The van der Waals surface area contributed by atoms with Gasteiger partial charge in [0.05, 0.1) is 6.61 Å². The number of aliphatic hydroxyl groups is 1. The highest BCUT2D eigenvalue weighted by atomic mass is 32.3. The molecule has 0 fully saturated rings. The Balaban J connectivity index is 5.58. The minimum atomic E-state index is -4.03. The molecule has 0 rings (SSSR count). The summed E-state index contributed by atoms with van der Waals surface area (Å²) in [5.74, 6) is 0. The summed E-state index contributed by atoms with van der Waals surface area (Å²) in [5.41, 5.74) is 5.03. The summed E-state index contributed by atoms with van der Waals surface area (Å²) in [6, 6.07) is 0. The molecule has 0 aromatic heterocycles. The van der Waals surface area contributed by atoms with E-state index in [1.165, 1.54) is 0 Å². The van der Waals surface area contributed by atoms with Crippen molar-refractivity contribution in [1.82, 2.24) is 0 Å². The second-order valence-electron chi connectivity index (χ2n) is 2.51. The first-order valence-corrected chi connectivity index (χ1v) is 6.63. The van der Waals surface area contributed by atoms with Crippen molar-refractivity contribution in [2.75, 3.05) is 19.1 Å². The van der Waals surface area contributed by atoms with Crippen molar-refractivity contribution < 1.29 is 21.9 Å². The smallest absolute Gasteiger partial charge is 0.243 e. The van der Waals surface area contributed by atoms with Gasteiger partial charge in [0, 0.05) is 12.5 Å². The van der Waals surface area contributed by atoms with Gasteiger partial charge >= 0.3 is 0 Å². The molecule has 12 heavy (non-hydrogen) atoms. The summed E-state index contributed by atoms with van der Waals surface area (Å²) in [5, 5.41) is 8.57. The van der Waals surface area contributed by atoms with Gasteiger partial charge in [0.15, 0.2) is 19.7 Å². The van der Waals surface area contributed by atoms with Crippen molar-refractivity contribution in [3.63, 3.8) is 0 Å². The van der Waals surface area contributed by atoms with E-state index in [-0.39, 0.29) is 0 Å². The summed E-state index contributed by atoms with van der Waals surface area (Å²) < 4.78 is 40.9. The van der Waals surface area contributed by atoms with Crippen LogP contribution < -0.4 is 5.73 Å². The third-order valence-corrected chi connectivity index (χ3v) is 6.06. The zero-order valence-corrected chi connectivity index (χ0v) is 8.31. The second kappa shape index (κ2) is 2.95. The molecule has 0 radical (unpaired) electrons. The minimum absolute atomic E-state index is 0.657. The minimum Gasteiger partial charge on any atom is -0.392 e. The Morgan fingerprint density at radius 1 is 1.17 bits per heavy atom. The first kappa shape index (κ1) is 11.8. The molecular formula is C4H11NO5S2. The average Bonchev–Trinajstić information content (AvgIpc) is 1.81. The lowest BCUT2D eigenvalue weighted by molar-refractivity contribution is 0.276. The molecule has 0 bridgehead atoms. The molecule has 8 heteroatoms. The van der Waals surface area contributed by atoms with Crippen molar-refractivity contribution in [3.05, 3.63) is 0 Å². The van der Waals surface area contributed by atoms with Gasteiger partial charge in [-0.15, -0.1) is 0 Å². The number of hydrogen-bond acceptors (Lipinski definition) is 6. The maximum Gasteiger partial charge on any atom is 0.243 e. The van der Waals surface area contributed by atoms with E-state index in [0.29, 0.717) is 12.5 Å². The van der Waals surface area contributed by atoms with Crippen LogP contribution in [0.25, 0.3) is 0 Å². The molecule has 0 saturated carbocycles. The van der Waals surface area contributed by atoms with Gasteiger partial charge in [0.2, 0.25) is 4.20 Å². The maximum absolute atomic E-state index is 10.9. The van der Waals surface area contributed by atoms with Gasteiger partial charge in [-0.2, -0.15) is 0 Å². The topological polar surface area (TPSA) is 115 Å². The van der Waals surface area contributed by atoms with Crippen molar-refractivity contribution in [2.45, 2.75) is 4.20 Å². The lowest BCUT2D eigenvalue weighted by Crippen LogP contribution is -2.56. The summed E-state index contributed by atoms with van der Waals surface area (Å²) in [7, 11) is -8.06. The molecular weight excluding hydrogens is 206 g/mol. The predicted molar refractivity (Wildman–Crippen MR) is 43.7 cm³/mol. The van der Waals surface area contributed by atoms with Crippen molar-refractivity contribution in [2.24, 2.45) is 5.73 Å². The molecule has 0 aliphatic rings. The molecule has 74 valence electrons. The number of nitrogens with two attached hydrogens (primary N) is 1. The van der Waals surface area contributed by atoms with Crippen LogP contribution in [0.4, 0.5) is 0 Å². The van der Waals surface area contributed by atoms with Crippen LogP contribution in [0.5, 0.6) is 0 Å². The molecule has 0 aliphatic heterocycles. The highest BCUT2D eigenvalue weighted by molar-refractivity contribution is 8.09. The summed E-state index contributed by atoms with van der Waals surface area (Å²) in [6.45, 7) is -1.15. The molecule has 0 aliphatic carbocycles. The molecule has 0 spiro atoms. The van der Waals surface area contributed by atoms with Gasteiger partial charge in [-0.1, -0.05) is 0 Å². The Morgan fingerprint density at radius 2 is 1.42 bits per heavy atom. The fourth-order valence-corrected chi connectivity index (χ4v) is 3.18. The fraction of sp³-hybridized carbons (Fsp3) is 1.00. The van der Waals surface area contributed by atoms with Crippen LogP contribution in [0.2, 0.25) is 0 Å². The molecule has 6 nitrogen and oxygen atoms in total. The Labute approximate surface area is 71.2 Å². The van der Waals surface area contributed by atoms with E-state index >= 15 is 0 Å². The Morgan fingerprint density at radius 3 is 1.42 bits per heavy atom. The van der Waals surface area contributed by atoms with E-state index in [2.05, 4.69) is 0 Å². The quantitative estimate of drug-likeness (QED) is 0.548. The monoisotopic (exact) mass is 217 g/mol. The van der Waals surface area contributed by atoms with E-state index in [0.717, 1.165) is 0 Å². The van der Waals surface area contributed by atoms with Gasteiger partial charge < -0.3 is 5.11 Å². The molecule has 0 saturated heterocycles. The van der Waals surface area contributed by atoms with E-state index in [9.17, 15) is 16.8 Å². The van der Waals surface area contributed by atoms with E-state index in [4.69, 9.17) is 10.8 Å². The highest BCUT2D eigenvalue weighted by Gasteiger charge is 2.46. The maximum atomic E-state index is 10.9. The van der Waals surface area contributed by atoms with Gasteiger partial charge in [-0.25, -0.2) is 16.8 Å². The molecule has 0 atom stereocenters. The van der Waals surface area contributed by atoms with Crippen LogP contribution in [0.3, 0.4) is 0 Å². The second-order valence-corrected chi connectivity index (χ2v) is 7.32. The van der Waals surface area contributed by atoms with Crippen LogP contribution >= 0.6 is 0 Å². The third-order valence-electron chi connectivity index (χ3n) is 1.48. The number of hydrogen-bond donors (Lipinski definition) is 2. The molecule has 3 N–H and O–H groups in total. The number of sulfone groups is 2. The fourth-order valence-electron chi connectivity index (χ4n) is 0.509. The average molecular weight is 217 g/mol. The van der Waals surface area contributed by atoms with Gasteiger partial charge in [-0.3, -0.25) is 5.73 Å². The summed E-state index contributed by atoms with van der Waals surface area (Å²) >= 11 is 0. The Kier molecular flexibility index (Phi) is 2.90. The van der Waals surface area contributed by atoms with Crippen LogP contribution in [0.15, 0.2) is 0 Å². The standard InChI is InChI=1S/C4H11NO5S2/c1-11(7,8)4(5,3-6)12(2,9)10/h6H,3,5H2,1-2H3. The third kappa shape index (κ3) is 1.76. The molecule has 0 aromatic carbocycles. The van der Waals surface area contributed by atoms with Gasteiger partial charge in [0.1, 0.15) is 0 Å². The largest absolute Gasteiger partial charge is 0.392 e. The molecule has 0 heterocycles. The number of rotatable bonds is 3. The van der Waals surface area contributed by atoms with E-state index < -0.39 is 30.5 Å². The normalized spacial score (nSPS) is 14.7. The van der Waals surface area contributed by atoms with Crippen LogP contribution in [-0.4, -0.2) is 45.3 Å². The molecule has 0 unspecified atom stereocenters. The van der Waals surface area contributed by atoms with E-state index in [1.54, 1.807) is 0 Å².